The first kappa shape index (κ1) is 11.0. The Kier molecular flexibility index (Phi) is 2.07. The molecule has 4 rings (SSSR count). The SMILES string of the molecule is Cc1ccc(N2CC3(COC3)C2)c2[nH]c(=O)ncc12. The molecule has 2 fully saturated rings. The van der Waals surface area contributed by atoms with E-state index < -0.39 is 0 Å². The van der Waals surface area contributed by atoms with Crippen molar-refractivity contribution < 1.29 is 4.74 Å². The summed E-state index contributed by atoms with van der Waals surface area (Å²) < 4.78 is 5.30. The second-order valence-electron chi connectivity index (χ2n) is 5.73. The zero-order chi connectivity index (χ0) is 13.0. The summed E-state index contributed by atoms with van der Waals surface area (Å²) in [5.74, 6) is 0. The molecule has 1 aromatic heterocycles. The van der Waals surface area contributed by atoms with Gasteiger partial charge in [-0.25, -0.2) is 9.78 Å². The van der Waals surface area contributed by atoms with Crippen LogP contribution in [0.3, 0.4) is 0 Å². The predicted octanol–water partition coefficient (Wildman–Crippen LogP) is 1.07. The Bertz CT molecular complexity index is 710. The van der Waals surface area contributed by atoms with Crippen LogP contribution >= 0.6 is 0 Å². The summed E-state index contributed by atoms with van der Waals surface area (Å²) in [5.41, 5.74) is 3.20. The molecule has 0 saturated carbocycles. The average molecular weight is 257 g/mol. The predicted molar refractivity (Wildman–Crippen MR) is 72.6 cm³/mol. The highest BCUT2D eigenvalue weighted by Gasteiger charge is 2.49. The van der Waals surface area contributed by atoms with Crippen molar-refractivity contribution in [1.82, 2.24) is 9.97 Å². The third-order valence-corrected chi connectivity index (χ3v) is 4.19. The zero-order valence-electron chi connectivity index (χ0n) is 10.8. The first-order valence-corrected chi connectivity index (χ1v) is 6.48. The molecule has 3 heterocycles. The quantitative estimate of drug-likeness (QED) is 0.830. The van der Waals surface area contributed by atoms with Crippen molar-refractivity contribution in [3.8, 4) is 0 Å². The van der Waals surface area contributed by atoms with E-state index in [0.29, 0.717) is 5.41 Å². The van der Waals surface area contributed by atoms with Gasteiger partial charge < -0.3 is 14.6 Å². The number of nitrogens with zero attached hydrogens (tertiary/aromatic N) is 2. The van der Waals surface area contributed by atoms with Crippen molar-refractivity contribution in [3.05, 3.63) is 34.4 Å². The van der Waals surface area contributed by atoms with Crippen LogP contribution < -0.4 is 10.6 Å². The van der Waals surface area contributed by atoms with Crippen LogP contribution in [0.4, 0.5) is 5.69 Å². The highest BCUT2D eigenvalue weighted by molar-refractivity contribution is 5.92. The Morgan fingerprint density at radius 1 is 1.37 bits per heavy atom. The van der Waals surface area contributed by atoms with Crippen molar-refractivity contribution >= 4 is 16.6 Å². The fraction of sp³-hybridized carbons (Fsp3) is 0.429. The normalized spacial score (nSPS) is 20.4. The Labute approximate surface area is 110 Å². The number of rotatable bonds is 1. The van der Waals surface area contributed by atoms with E-state index in [2.05, 4.69) is 27.0 Å². The number of benzene rings is 1. The lowest BCUT2D eigenvalue weighted by atomic mass is 9.77. The summed E-state index contributed by atoms with van der Waals surface area (Å²) in [6.07, 6.45) is 1.66. The minimum atomic E-state index is -0.290. The van der Waals surface area contributed by atoms with Gasteiger partial charge in [-0.2, -0.15) is 0 Å². The number of aryl methyl sites for hydroxylation is 1. The van der Waals surface area contributed by atoms with Crippen molar-refractivity contribution in [2.24, 2.45) is 5.41 Å². The molecule has 1 aromatic carbocycles. The molecule has 1 N–H and O–H groups in total. The molecule has 2 aromatic rings. The monoisotopic (exact) mass is 257 g/mol. The Balaban J connectivity index is 1.80. The van der Waals surface area contributed by atoms with Gasteiger partial charge in [0.1, 0.15) is 0 Å². The molecule has 0 unspecified atom stereocenters. The van der Waals surface area contributed by atoms with Gasteiger partial charge in [-0.05, 0) is 18.6 Å². The number of hydrogen-bond acceptors (Lipinski definition) is 4. The second-order valence-corrected chi connectivity index (χ2v) is 5.73. The number of aromatic amines is 1. The molecule has 0 aliphatic carbocycles. The number of H-pyrrole nitrogens is 1. The number of hydrogen-bond donors (Lipinski definition) is 1. The van der Waals surface area contributed by atoms with Gasteiger partial charge in [-0.3, -0.25) is 0 Å². The van der Waals surface area contributed by atoms with Crippen LogP contribution in [0.5, 0.6) is 0 Å². The molecule has 2 saturated heterocycles. The van der Waals surface area contributed by atoms with E-state index in [1.54, 1.807) is 6.20 Å². The van der Waals surface area contributed by atoms with Crippen LogP contribution in [0, 0.1) is 12.3 Å². The molecule has 19 heavy (non-hydrogen) atoms. The van der Waals surface area contributed by atoms with E-state index in [0.717, 1.165) is 48.5 Å². The summed E-state index contributed by atoms with van der Waals surface area (Å²) in [6, 6.07) is 4.17. The summed E-state index contributed by atoms with van der Waals surface area (Å²) in [5, 5.41) is 1.02. The standard InChI is InChI=1S/C14H15N3O2/c1-9-2-3-11(12-10(9)4-15-13(18)16-12)17-5-14(6-17)7-19-8-14/h2-4H,5-8H2,1H3,(H,15,16,18). The third-order valence-electron chi connectivity index (χ3n) is 4.19. The van der Waals surface area contributed by atoms with E-state index in [-0.39, 0.29) is 5.69 Å². The van der Waals surface area contributed by atoms with Gasteiger partial charge in [0.05, 0.1) is 29.8 Å². The Morgan fingerprint density at radius 3 is 2.84 bits per heavy atom. The lowest BCUT2D eigenvalue weighted by Crippen LogP contribution is -2.66. The van der Waals surface area contributed by atoms with Crippen molar-refractivity contribution in [2.75, 3.05) is 31.2 Å². The highest BCUT2D eigenvalue weighted by Crippen LogP contribution is 2.41. The second kappa shape index (κ2) is 3.57. The molecular formula is C14H15N3O2. The van der Waals surface area contributed by atoms with E-state index in [1.165, 1.54) is 0 Å². The van der Waals surface area contributed by atoms with Crippen LogP contribution in [-0.4, -0.2) is 36.3 Å². The molecule has 5 heteroatoms. The number of nitrogens with one attached hydrogen (secondary N) is 1. The summed E-state index contributed by atoms with van der Waals surface area (Å²) in [4.78, 5) is 20.5. The maximum absolute atomic E-state index is 11.5. The minimum absolute atomic E-state index is 0.290. The maximum atomic E-state index is 11.5. The summed E-state index contributed by atoms with van der Waals surface area (Å²) in [6.45, 7) is 5.78. The van der Waals surface area contributed by atoms with E-state index >= 15 is 0 Å². The molecule has 0 amide bonds. The molecule has 98 valence electrons. The van der Waals surface area contributed by atoms with Crippen molar-refractivity contribution in [2.45, 2.75) is 6.92 Å². The van der Waals surface area contributed by atoms with Crippen molar-refractivity contribution in [1.29, 1.82) is 0 Å². The topological polar surface area (TPSA) is 58.2 Å². The number of ether oxygens (including phenoxy) is 1. The first-order chi connectivity index (χ1) is 9.17. The molecular weight excluding hydrogens is 242 g/mol. The molecule has 5 nitrogen and oxygen atoms in total. The molecule has 2 aliphatic rings. The first-order valence-electron chi connectivity index (χ1n) is 6.48. The highest BCUT2D eigenvalue weighted by atomic mass is 16.5. The van der Waals surface area contributed by atoms with Crippen LogP contribution in [0.1, 0.15) is 5.56 Å². The Hall–Kier alpha value is -1.88. The molecule has 1 spiro atoms. The largest absolute Gasteiger partial charge is 0.380 e. The van der Waals surface area contributed by atoms with Crippen molar-refractivity contribution in [3.63, 3.8) is 0 Å². The summed E-state index contributed by atoms with van der Waals surface area (Å²) in [7, 11) is 0. The van der Waals surface area contributed by atoms with Gasteiger partial charge in [-0.15, -0.1) is 0 Å². The number of aromatic nitrogens is 2. The van der Waals surface area contributed by atoms with Crippen LogP contribution in [-0.2, 0) is 4.74 Å². The van der Waals surface area contributed by atoms with Gasteiger partial charge in [0.15, 0.2) is 0 Å². The van der Waals surface area contributed by atoms with Gasteiger partial charge in [0.2, 0.25) is 0 Å². The smallest absolute Gasteiger partial charge is 0.345 e. The fourth-order valence-corrected chi connectivity index (χ4v) is 3.04. The Morgan fingerprint density at radius 2 is 2.16 bits per heavy atom. The molecule has 2 aliphatic heterocycles. The van der Waals surface area contributed by atoms with Gasteiger partial charge in [0, 0.05) is 24.7 Å². The summed E-state index contributed by atoms with van der Waals surface area (Å²) >= 11 is 0. The third kappa shape index (κ3) is 1.51. The lowest BCUT2D eigenvalue weighted by molar-refractivity contribution is -0.126. The zero-order valence-corrected chi connectivity index (χ0v) is 10.8. The number of anilines is 1. The van der Waals surface area contributed by atoms with Crippen LogP contribution in [0.15, 0.2) is 23.1 Å². The maximum Gasteiger partial charge on any atom is 0.345 e. The molecule has 0 bridgehead atoms. The van der Waals surface area contributed by atoms with Gasteiger partial charge >= 0.3 is 5.69 Å². The van der Waals surface area contributed by atoms with Gasteiger partial charge in [0.25, 0.3) is 0 Å². The minimum Gasteiger partial charge on any atom is -0.380 e. The van der Waals surface area contributed by atoms with Crippen LogP contribution in [0.2, 0.25) is 0 Å². The van der Waals surface area contributed by atoms with Gasteiger partial charge in [-0.1, -0.05) is 6.07 Å². The number of fused-ring (bicyclic) bond motifs is 1. The lowest BCUT2D eigenvalue weighted by Gasteiger charge is -2.56. The average Bonchev–Trinajstić information content (AvgIpc) is 2.28. The van der Waals surface area contributed by atoms with E-state index in [4.69, 9.17) is 4.74 Å². The van der Waals surface area contributed by atoms with E-state index in [9.17, 15) is 4.79 Å². The van der Waals surface area contributed by atoms with E-state index in [1.807, 2.05) is 6.92 Å². The molecule has 0 radical (unpaired) electrons. The fourth-order valence-electron chi connectivity index (χ4n) is 3.04. The van der Waals surface area contributed by atoms with Crippen LogP contribution in [0.25, 0.3) is 10.9 Å². The molecule has 0 atom stereocenters.